The van der Waals surface area contributed by atoms with Crippen molar-refractivity contribution in [3.05, 3.63) is 64.2 Å². The van der Waals surface area contributed by atoms with Gasteiger partial charge in [0.1, 0.15) is 5.75 Å². The Bertz CT molecular complexity index is 815. The van der Waals surface area contributed by atoms with Crippen LogP contribution in [0.5, 0.6) is 5.75 Å². The molecule has 0 saturated carbocycles. The summed E-state index contributed by atoms with van der Waals surface area (Å²) in [6.07, 6.45) is 0.946. The monoisotopic (exact) mass is 306 g/mol. The zero-order valence-corrected chi connectivity index (χ0v) is 11.4. The zero-order valence-electron chi connectivity index (χ0n) is 10.6. The predicted octanol–water partition coefficient (Wildman–Crippen LogP) is 2.11. The van der Waals surface area contributed by atoms with E-state index in [4.69, 9.17) is 0 Å². The number of hydrogen-bond donors (Lipinski definition) is 1. The summed E-state index contributed by atoms with van der Waals surface area (Å²) in [6, 6.07) is 10.9. The Balaban J connectivity index is 2.45. The topological polar surface area (TPSA) is 110 Å². The molecule has 0 heterocycles. The van der Waals surface area contributed by atoms with Crippen molar-refractivity contribution in [1.82, 2.24) is 0 Å². The molecular formula is C13H10N2O5S. The van der Waals surface area contributed by atoms with Gasteiger partial charge >= 0.3 is 0 Å². The third kappa shape index (κ3) is 3.23. The minimum atomic E-state index is -4.23. The maximum absolute atomic E-state index is 12.1. The van der Waals surface area contributed by atoms with Crippen molar-refractivity contribution in [2.45, 2.75) is 4.90 Å². The van der Waals surface area contributed by atoms with Crippen LogP contribution in [0, 0.1) is 10.1 Å². The largest absolute Gasteiger partial charge is 0.507 e. The first-order chi connectivity index (χ1) is 9.92. The highest BCUT2D eigenvalue weighted by Gasteiger charge is 2.24. The summed E-state index contributed by atoms with van der Waals surface area (Å²) in [5.74, 6) is -0.140. The molecule has 21 heavy (non-hydrogen) atoms. The molecule has 0 atom stereocenters. The lowest BCUT2D eigenvalue weighted by atomic mass is 10.2. The summed E-state index contributed by atoms with van der Waals surface area (Å²) in [5.41, 5.74) is -0.355. The van der Waals surface area contributed by atoms with Crippen LogP contribution in [-0.2, 0) is 10.0 Å². The van der Waals surface area contributed by atoms with Crippen LogP contribution in [0.15, 0.2) is 57.8 Å². The lowest BCUT2D eigenvalue weighted by Crippen LogP contribution is -2.02. The third-order valence-corrected chi connectivity index (χ3v) is 3.89. The number of nitro groups is 1. The molecular weight excluding hydrogens is 296 g/mol. The summed E-state index contributed by atoms with van der Waals surface area (Å²) in [7, 11) is -4.23. The second-order valence-corrected chi connectivity index (χ2v) is 5.59. The van der Waals surface area contributed by atoms with Gasteiger partial charge in [-0.2, -0.15) is 12.8 Å². The average Bonchev–Trinajstić information content (AvgIpc) is 2.46. The minimum absolute atomic E-state index is 0.140. The smallest absolute Gasteiger partial charge is 0.289 e. The first kappa shape index (κ1) is 14.7. The molecule has 2 aromatic carbocycles. The third-order valence-electron chi connectivity index (χ3n) is 2.61. The van der Waals surface area contributed by atoms with Crippen molar-refractivity contribution in [3.8, 4) is 5.75 Å². The van der Waals surface area contributed by atoms with Gasteiger partial charge in [-0.15, -0.1) is 0 Å². The van der Waals surface area contributed by atoms with Gasteiger partial charge in [-0.25, -0.2) is 0 Å². The molecule has 0 aliphatic rings. The van der Waals surface area contributed by atoms with Crippen LogP contribution in [0.4, 0.5) is 5.69 Å². The van der Waals surface area contributed by atoms with E-state index in [1.807, 2.05) is 0 Å². The number of nitro benzene ring substituents is 1. The fourth-order valence-electron chi connectivity index (χ4n) is 1.61. The van der Waals surface area contributed by atoms with E-state index in [9.17, 15) is 23.6 Å². The Morgan fingerprint density at radius 3 is 2.38 bits per heavy atom. The van der Waals surface area contributed by atoms with Gasteiger partial charge < -0.3 is 5.11 Å². The predicted molar refractivity (Wildman–Crippen MR) is 76.0 cm³/mol. The highest BCUT2D eigenvalue weighted by molar-refractivity contribution is 7.90. The zero-order chi connectivity index (χ0) is 15.5. The summed E-state index contributed by atoms with van der Waals surface area (Å²) < 4.78 is 27.5. The molecule has 0 radical (unpaired) electrons. The second-order valence-electron chi connectivity index (χ2n) is 3.99. The van der Waals surface area contributed by atoms with Crippen LogP contribution in [0.25, 0.3) is 0 Å². The molecule has 0 saturated heterocycles. The van der Waals surface area contributed by atoms with Crippen molar-refractivity contribution >= 4 is 21.9 Å². The Hall–Kier alpha value is -2.74. The van der Waals surface area contributed by atoms with Crippen LogP contribution in [-0.4, -0.2) is 24.7 Å². The van der Waals surface area contributed by atoms with Gasteiger partial charge in [0.2, 0.25) is 0 Å². The van der Waals surface area contributed by atoms with Crippen molar-refractivity contribution in [3.63, 3.8) is 0 Å². The number of phenolic OH excluding ortho intramolecular Hbond substituents is 1. The van der Waals surface area contributed by atoms with Crippen LogP contribution < -0.4 is 0 Å². The number of sulfonamides is 1. The Kier molecular flexibility index (Phi) is 3.99. The van der Waals surface area contributed by atoms with Crippen molar-refractivity contribution in [1.29, 1.82) is 0 Å². The van der Waals surface area contributed by atoms with E-state index < -0.39 is 25.5 Å². The van der Waals surface area contributed by atoms with E-state index in [0.29, 0.717) is 0 Å². The number of aromatic hydroxyl groups is 1. The van der Waals surface area contributed by atoms with Gasteiger partial charge in [-0.1, -0.05) is 24.3 Å². The molecule has 0 aliphatic carbocycles. The molecule has 8 heteroatoms. The lowest BCUT2D eigenvalue weighted by Gasteiger charge is -2.00. The van der Waals surface area contributed by atoms with E-state index in [1.165, 1.54) is 24.3 Å². The Labute approximate surface area is 120 Å². The molecule has 0 fully saturated rings. The molecule has 2 aromatic rings. The summed E-state index contributed by atoms with van der Waals surface area (Å²) in [6.45, 7) is 0. The van der Waals surface area contributed by atoms with E-state index in [0.717, 1.165) is 18.3 Å². The molecule has 0 aromatic heterocycles. The average molecular weight is 306 g/mol. The fraction of sp³-hybridized carbons (Fsp3) is 0. The second kappa shape index (κ2) is 5.71. The minimum Gasteiger partial charge on any atom is -0.507 e. The Morgan fingerprint density at radius 1 is 1.10 bits per heavy atom. The number of hydrogen-bond acceptors (Lipinski definition) is 5. The summed E-state index contributed by atoms with van der Waals surface area (Å²) in [5, 5.41) is 20.4. The van der Waals surface area contributed by atoms with Gasteiger partial charge in [-0.3, -0.25) is 10.1 Å². The highest BCUT2D eigenvalue weighted by Crippen LogP contribution is 2.25. The van der Waals surface area contributed by atoms with Gasteiger partial charge in [0.15, 0.2) is 4.90 Å². The van der Waals surface area contributed by atoms with Crippen LogP contribution in [0.1, 0.15) is 5.56 Å². The lowest BCUT2D eigenvalue weighted by molar-refractivity contribution is -0.387. The van der Waals surface area contributed by atoms with E-state index in [2.05, 4.69) is 4.40 Å². The first-order valence-corrected chi connectivity index (χ1v) is 7.17. The van der Waals surface area contributed by atoms with E-state index in [-0.39, 0.29) is 11.3 Å². The summed E-state index contributed by atoms with van der Waals surface area (Å²) in [4.78, 5) is 9.56. The number of nitrogens with zero attached hydrogens (tertiary/aromatic N) is 2. The molecule has 0 aliphatic heterocycles. The normalized spacial score (nSPS) is 11.6. The van der Waals surface area contributed by atoms with E-state index >= 15 is 0 Å². The Morgan fingerprint density at radius 2 is 1.71 bits per heavy atom. The highest BCUT2D eigenvalue weighted by atomic mass is 32.2. The van der Waals surface area contributed by atoms with Crippen molar-refractivity contribution < 1.29 is 18.4 Å². The maximum Gasteiger partial charge on any atom is 0.289 e. The van der Waals surface area contributed by atoms with Crippen LogP contribution >= 0.6 is 0 Å². The van der Waals surface area contributed by atoms with Crippen LogP contribution in [0.3, 0.4) is 0 Å². The molecule has 0 spiro atoms. The van der Waals surface area contributed by atoms with Crippen LogP contribution in [0.2, 0.25) is 0 Å². The molecule has 108 valence electrons. The molecule has 1 N–H and O–H groups in total. The van der Waals surface area contributed by atoms with Gasteiger partial charge in [-0.05, 0) is 18.2 Å². The van der Waals surface area contributed by atoms with Gasteiger partial charge in [0.05, 0.1) is 11.1 Å². The quantitative estimate of drug-likeness (QED) is 0.528. The van der Waals surface area contributed by atoms with E-state index in [1.54, 1.807) is 12.1 Å². The molecule has 2 rings (SSSR count). The first-order valence-electron chi connectivity index (χ1n) is 5.73. The number of rotatable bonds is 4. The molecule has 0 unspecified atom stereocenters. The van der Waals surface area contributed by atoms with Gasteiger partial charge in [0.25, 0.3) is 15.7 Å². The molecule has 7 nitrogen and oxygen atoms in total. The number of phenols is 1. The molecule has 0 bridgehead atoms. The standard InChI is InChI=1S/C13H10N2O5S/c16-12-7-3-1-5-10(12)9-14-21(19,20)13-8-4-2-6-11(13)15(17)18/h1-9,16H/b14-9+. The van der Waals surface area contributed by atoms with Crippen molar-refractivity contribution in [2.75, 3.05) is 0 Å². The maximum atomic E-state index is 12.1. The summed E-state index contributed by atoms with van der Waals surface area (Å²) >= 11 is 0. The molecule has 0 amide bonds. The number of benzene rings is 2. The fourth-order valence-corrected chi connectivity index (χ4v) is 2.63. The SMILES string of the molecule is O=[N+]([O-])c1ccccc1S(=O)(=O)/N=C/c1ccccc1O. The van der Waals surface area contributed by atoms with Gasteiger partial charge in [0, 0.05) is 11.6 Å². The number of para-hydroxylation sites is 2. The van der Waals surface area contributed by atoms with Crippen molar-refractivity contribution in [2.24, 2.45) is 4.40 Å².